The fourth-order valence-corrected chi connectivity index (χ4v) is 3.14. The zero-order valence-corrected chi connectivity index (χ0v) is 24.0. The first-order valence-electron chi connectivity index (χ1n) is 12.8. The molecule has 1 unspecified atom stereocenters. The molecule has 2 aromatic carbocycles. The van der Waals surface area contributed by atoms with E-state index in [0.29, 0.717) is 11.1 Å². The Labute approximate surface area is 230 Å². The third-order valence-corrected chi connectivity index (χ3v) is 5.53. The van der Waals surface area contributed by atoms with Crippen molar-refractivity contribution < 1.29 is 38.1 Å². The van der Waals surface area contributed by atoms with Gasteiger partial charge >= 0.3 is 23.9 Å². The molecular formula is C30H39NO8. The summed E-state index contributed by atoms with van der Waals surface area (Å²) in [5, 5.41) is 3.08. The van der Waals surface area contributed by atoms with Crippen LogP contribution in [-0.4, -0.2) is 49.7 Å². The number of benzene rings is 2. The molecule has 0 aliphatic rings. The highest BCUT2D eigenvalue weighted by Gasteiger charge is 2.29. The number of methoxy groups -OCH3 is 1. The Morgan fingerprint density at radius 3 is 1.92 bits per heavy atom. The molecule has 0 aliphatic carbocycles. The SMILES string of the molecule is COC(=O)[C@H](Cc1ccc(OC(=O)C(C)(C)C)c(OC(=O)C(C)(C)C)c1)NCC(C)OC(=O)c1ccccc1. The molecule has 0 amide bonds. The topological polar surface area (TPSA) is 117 Å². The molecule has 39 heavy (non-hydrogen) atoms. The van der Waals surface area contributed by atoms with Gasteiger partial charge in [0, 0.05) is 6.54 Å². The zero-order chi connectivity index (χ0) is 29.4. The lowest BCUT2D eigenvalue weighted by molar-refractivity contribution is -0.145. The van der Waals surface area contributed by atoms with Gasteiger partial charge in [0.2, 0.25) is 0 Å². The van der Waals surface area contributed by atoms with Crippen LogP contribution in [0.1, 0.15) is 64.4 Å². The van der Waals surface area contributed by atoms with Crippen LogP contribution in [0.4, 0.5) is 0 Å². The van der Waals surface area contributed by atoms with E-state index in [1.54, 1.807) is 90.9 Å². The second-order valence-corrected chi connectivity index (χ2v) is 11.3. The molecular weight excluding hydrogens is 502 g/mol. The molecule has 0 heterocycles. The summed E-state index contributed by atoms with van der Waals surface area (Å²) in [6.07, 6.45) is -0.369. The smallest absolute Gasteiger partial charge is 0.338 e. The largest absolute Gasteiger partial charge is 0.468 e. The summed E-state index contributed by atoms with van der Waals surface area (Å²) in [4.78, 5) is 50.0. The minimum atomic E-state index is -0.801. The fourth-order valence-electron chi connectivity index (χ4n) is 3.14. The van der Waals surface area contributed by atoms with E-state index >= 15 is 0 Å². The maximum Gasteiger partial charge on any atom is 0.338 e. The molecule has 1 N–H and O–H groups in total. The van der Waals surface area contributed by atoms with E-state index in [2.05, 4.69) is 5.32 Å². The van der Waals surface area contributed by atoms with Crippen molar-refractivity contribution in [1.29, 1.82) is 0 Å². The summed E-state index contributed by atoms with van der Waals surface area (Å²) in [5.41, 5.74) is -0.521. The first kappa shape index (κ1) is 31.5. The monoisotopic (exact) mass is 541 g/mol. The van der Waals surface area contributed by atoms with Crippen LogP contribution in [0.2, 0.25) is 0 Å². The van der Waals surface area contributed by atoms with Crippen LogP contribution >= 0.6 is 0 Å². The number of ether oxygens (including phenoxy) is 4. The van der Waals surface area contributed by atoms with Gasteiger partial charge in [-0.2, -0.15) is 0 Å². The molecule has 2 aromatic rings. The van der Waals surface area contributed by atoms with Crippen molar-refractivity contribution in [2.75, 3.05) is 13.7 Å². The number of carbonyl (C=O) groups excluding carboxylic acids is 4. The summed E-state index contributed by atoms with van der Waals surface area (Å²) in [6.45, 7) is 12.2. The van der Waals surface area contributed by atoms with E-state index in [1.807, 2.05) is 0 Å². The molecule has 0 aliphatic heterocycles. The van der Waals surface area contributed by atoms with Gasteiger partial charge in [-0.1, -0.05) is 24.3 Å². The van der Waals surface area contributed by atoms with Crippen LogP contribution < -0.4 is 14.8 Å². The van der Waals surface area contributed by atoms with Crippen molar-refractivity contribution >= 4 is 23.9 Å². The minimum absolute atomic E-state index is 0.0683. The highest BCUT2D eigenvalue weighted by Crippen LogP contribution is 2.33. The van der Waals surface area contributed by atoms with Crippen LogP contribution in [0.5, 0.6) is 11.5 Å². The van der Waals surface area contributed by atoms with Gasteiger partial charge in [-0.25, -0.2) is 4.79 Å². The fraction of sp³-hybridized carbons (Fsp3) is 0.467. The number of esters is 4. The molecule has 212 valence electrons. The first-order chi connectivity index (χ1) is 18.1. The second-order valence-electron chi connectivity index (χ2n) is 11.3. The van der Waals surface area contributed by atoms with E-state index in [1.165, 1.54) is 13.2 Å². The van der Waals surface area contributed by atoms with Gasteiger partial charge in [-0.3, -0.25) is 14.4 Å². The summed E-state index contributed by atoms with van der Waals surface area (Å²) < 4.78 is 21.6. The number of hydrogen-bond acceptors (Lipinski definition) is 9. The van der Waals surface area contributed by atoms with Crippen molar-refractivity contribution in [1.82, 2.24) is 5.32 Å². The first-order valence-corrected chi connectivity index (χ1v) is 12.8. The average molecular weight is 542 g/mol. The number of hydrogen-bond donors (Lipinski definition) is 1. The predicted molar refractivity (Wildman–Crippen MR) is 145 cm³/mol. The molecule has 9 nitrogen and oxygen atoms in total. The Morgan fingerprint density at radius 2 is 1.38 bits per heavy atom. The average Bonchev–Trinajstić information content (AvgIpc) is 2.86. The predicted octanol–water partition coefficient (Wildman–Crippen LogP) is 4.51. The van der Waals surface area contributed by atoms with Crippen molar-refractivity contribution in [3.05, 3.63) is 59.7 Å². The highest BCUT2D eigenvalue weighted by atomic mass is 16.6. The summed E-state index contributed by atoms with van der Waals surface area (Å²) in [5.74, 6) is -1.82. The summed E-state index contributed by atoms with van der Waals surface area (Å²) >= 11 is 0. The summed E-state index contributed by atoms with van der Waals surface area (Å²) in [7, 11) is 1.28. The lowest BCUT2D eigenvalue weighted by Gasteiger charge is -2.22. The van der Waals surface area contributed by atoms with Gasteiger partial charge < -0.3 is 24.3 Å². The van der Waals surface area contributed by atoms with Gasteiger partial charge in [-0.05, 0) is 84.7 Å². The normalized spacial score (nSPS) is 13.1. The van der Waals surface area contributed by atoms with Crippen molar-refractivity contribution in [2.45, 2.75) is 67.0 Å². The lowest BCUT2D eigenvalue weighted by atomic mass is 9.97. The highest BCUT2D eigenvalue weighted by molar-refractivity contribution is 5.89. The van der Waals surface area contributed by atoms with Crippen LogP contribution in [0.25, 0.3) is 0 Å². The Hall–Kier alpha value is -3.72. The number of rotatable bonds is 10. The number of nitrogens with one attached hydrogen (secondary N) is 1. The molecule has 0 aromatic heterocycles. The molecule has 0 radical (unpaired) electrons. The van der Waals surface area contributed by atoms with E-state index < -0.39 is 46.9 Å². The van der Waals surface area contributed by atoms with Gasteiger partial charge in [0.05, 0.1) is 23.5 Å². The second kappa shape index (κ2) is 13.4. The third-order valence-electron chi connectivity index (χ3n) is 5.53. The van der Waals surface area contributed by atoms with Crippen LogP contribution in [0.15, 0.2) is 48.5 Å². The Balaban J connectivity index is 2.21. The molecule has 2 atom stereocenters. The number of carbonyl (C=O) groups is 4. The molecule has 2 rings (SSSR count). The van der Waals surface area contributed by atoms with Crippen LogP contribution in [0, 0.1) is 10.8 Å². The molecule has 0 spiro atoms. The maximum absolute atomic E-state index is 12.6. The van der Waals surface area contributed by atoms with E-state index in [9.17, 15) is 19.2 Å². The van der Waals surface area contributed by atoms with Gasteiger partial charge in [0.15, 0.2) is 11.5 Å². The van der Waals surface area contributed by atoms with E-state index in [0.717, 1.165) is 0 Å². The maximum atomic E-state index is 12.6. The Bertz CT molecular complexity index is 1160. The third kappa shape index (κ3) is 9.83. The van der Waals surface area contributed by atoms with E-state index in [4.69, 9.17) is 18.9 Å². The molecule has 0 fully saturated rings. The Kier molecular flexibility index (Phi) is 10.8. The van der Waals surface area contributed by atoms with Crippen molar-refractivity contribution in [3.8, 4) is 11.5 Å². The molecule has 0 bridgehead atoms. The molecule has 9 heteroatoms. The van der Waals surface area contributed by atoms with Crippen LogP contribution in [-0.2, 0) is 30.3 Å². The van der Waals surface area contributed by atoms with Gasteiger partial charge in [0.25, 0.3) is 0 Å². The quantitative estimate of drug-likeness (QED) is 0.342. The van der Waals surface area contributed by atoms with E-state index in [-0.39, 0.29) is 24.5 Å². The van der Waals surface area contributed by atoms with Gasteiger partial charge in [0.1, 0.15) is 12.1 Å². The standard InChI is InChI=1S/C30H39NO8/c1-19(37-25(32)21-12-10-9-11-13-21)18-31-22(26(33)36-8)16-20-14-15-23(38-27(34)29(2,3)4)24(17-20)39-28(35)30(5,6)7/h9-15,17,19,22,31H,16,18H2,1-8H3/t19?,22-/m0/s1. The minimum Gasteiger partial charge on any atom is -0.468 e. The van der Waals surface area contributed by atoms with Crippen LogP contribution in [0.3, 0.4) is 0 Å². The summed E-state index contributed by atoms with van der Waals surface area (Å²) in [6, 6.07) is 12.6. The lowest BCUT2D eigenvalue weighted by Crippen LogP contribution is -2.43. The molecule has 0 saturated heterocycles. The molecule has 0 saturated carbocycles. The zero-order valence-electron chi connectivity index (χ0n) is 24.0. The Morgan fingerprint density at radius 1 is 0.821 bits per heavy atom. The van der Waals surface area contributed by atoms with Crippen molar-refractivity contribution in [2.24, 2.45) is 10.8 Å². The van der Waals surface area contributed by atoms with Crippen molar-refractivity contribution in [3.63, 3.8) is 0 Å². The van der Waals surface area contributed by atoms with Gasteiger partial charge in [-0.15, -0.1) is 0 Å².